The first kappa shape index (κ1) is 15.1. The second-order valence-corrected chi connectivity index (χ2v) is 6.25. The summed E-state index contributed by atoms with van der Waals surface area (Å²) in [5, 5.41) is 9.36. The Morgan fingerprint density at radius 1 is 1.45 bits per heavy atom. The van der Waals surface area contributed by atoms with Crippen molar-refractivity contribution >= 4 is 5.57 Å². The fourth-order valence-electron chi connectivity index (χ4n) is 2.95. The molecule has 1 aliphatic heterocycles. The smallest absolute Gasteiger partial charge is 0.161 e. The van der Waals surface area contributed by atoms with Crippen LogP contribution in [0.25, 0.3) is 5.57 Å². The maximum absolute atomic E-state index is 9.36. The van der Waals surface area contributed by atoms with Crippen molar-refractivity contribution in [1.82, 2.24) is 0 Å². The van der Waals surface area contributed by atoms with Gasteiger partial charge in [-0.05, 0) is 37.5 Å². The van der Waals surface area contributed by atoms with Crippen LogP contribution < -0.4 is 4.74 Å². The Bertz CT molecular complexity index is 628. The third-order valence-corrected chi connectivity index (χ3v) is 4.39. The second-order valence-electron chi connectivity index (χ2n) is 6.25. The fraction of sp³-hybridized carbons (Fsp3) is 0.500. The molecular weight excluding hydrogens is 278 g/mol. The van der Waals surface area contributed by atoms with Gasteiger partial charge in [-0.3, -0.25) is 0 Å². The minimum absolute atomic E-state index is 0.0176. The van der Waals surface area contributed by atoms with Gasteiger partial charge in [-0.15, -0.1) is 0 Å². The molecule has 1 saturated heterocycles. The summed E-state index contributed by atoms with van der Waals surface area (Å²) >= 11 is 0. The molecule has 1 spiro atoms. The largest absolute Gasteiger partial charge is 0.489 e. The van der Waals surface area contributed by atoms with Gasteiger partial charge >= 0.3 is 0 Å². The van der Waals surface area contributed by atoms with E-state index in [0.29, 0.717) is 17.7 Å². The Morgan fingerprint density at radius 3 is 2.82 bits per heavy atom. The zero-order chi connectivity index (χ0) is 15.7. The summed E-state index contributed by atoms with van der Waals surface area (Å²) in [5.74, 6) is 0.630. The minimum atomic E-state index is -0.221. The normalized spacial score (nSPS) is 25.5. The topological polar surface area (TPSA) is 51.5 Å². The maximum Gasteiger partial charge on any atom is 0.161 e. The van der Waals surface area contributed by atoms with E-state index in [0.717, 1.165) is 30.4 Å². The van der Waals surface area contributed by atoms with Crippen LogP contribution in [0.4, 0.5) is 0 Å². The molecule has 0 aromatic heterocycles. The van der Waals surface area contributed by atoms with Crippen molar-refractivity contribution in [2.75, 3.05) is 7.11 Å². The Balaban J connectivity index is 1.77. The van der Waals surface area contributed by atoms with E-state index in [-0.39, 0.29) is 18.0 Å². The Kier molecular flexibility index (Phi) is 3.94. The number of nitrogens with zero attached hydrogens (tertiary/aromatic N) is 1. The van der Waals surface area contributed by atoms with Gasteiger partial charge in [0.05, 0.1) is 11.2 Å². The summed E-state index contributed by atoms with van der Waals surface area (Å²) in [4.78, 5) is 0. The molecule has 22 heavy (non-hydrogen) atoms. The molecule has 2 aliphatic rings. The van der Waals surface area contributed by atoms with E-state index in [1.807, 2.05) is 25.1 Å². The lowest BCUT2D eigenvalue weighted by Crippen LogP contribution is -2.40. The summed E-state index contributed by atoms with van der Waals surface area (Å²) < 4.78 is 17.4. The van der Waals surface area contributed by atoms with E-state index in [2.05, 4.69) is 12.6 Å². The first-order chi connectivity index (χ1) is 10.5. The molecule has 2 atom stereocenters. The molecule has 1 saturated carbocycles. The van der Waals surface area contributed by atoms with E-state index < -0.39 is 0 Å². The van der Waals surface area contributed by atoms with Gasteiger partial charge in [-0.2, -0.15) is 5.26 Å². The van der Waals surface area contributed by atoms with Crippen LogP contribution >= 0.6 is 0 Å². The zero-order valence-corrected chi connectivity index (χ0v) is 13.1. The van der Waals surface area contributed by atoms with Gasteiger partial charge in [-0.25, -0.2) is 0 Å². The molecule has 1 aliphatic carbocycles. The summed E-state index contributed by atoms with van der Waals surface area (Å²) in [6.07, 6.45) is 3.47. The minimum Gasteiger partial charge on any atom is -0.489 e. The first-order valence-corrected chi connectivity index (χ1v) is 7.62. The molecule has 1 aromatic rings. The Hall–Kier alpha value is -1.83. The van der Waals surface area contributed by atoms with E-state index in [9.17, 15) is 5.26 Å². The van der Waals surface area contributed by atoms with Gasteiger partial charge in [-0.1, -0.05) is 18.2 Å². The predicted octanol–water partition coefficient (Wildman–Crippen LogP) is 3.65. The van der Waals surface area contributed by atoms with E-state index in [1.54, 1.807) is 7.11 Å². The molecule has 2 unspecified atom stereocenters. The molecule has 3 rings (SSSR count). The van der Waals surface area contributed by atoms with Gasteiger partial charge in [0.2, 0.25) is 0 Å². The summed E-state index contributed by atoms with van der Waals surface area (Å²) in [7, 11) is 1.66. The highest BCUT2D eigenvalue weighted by Gasteiger charge is 2.51. The van der Waals surface area contributed by atoms with Crippen LogP contribution in [-0.4, -0.2) is 25.1 Å². The van der Waals surface area contributed by atoms with Crippen LogP contribution in [0.1, 0.15) is 43.7 Å². The highest BCUT2D eigenvalue weighted by molar-refractivity contribution is 5.64. The van der Waals surface area contributed by atoms with Gasteiger partial charge in [0.15, 0.2) is 6.29 Å². The van der Waals surface area contributed by atoms with Crippen LogP contribution in [0.15, 0.2) is 24.8 Å². The van der Waals surface area contributed by atoms with Crippen LogP contribution in [0.5, 0.6) is 5.75 Å². The Morgan fingerprint density at radius 2 is 2.23 bits per heavy atom. The first-order valence-electron chi connectivity index (χ1n) is 7.62. The molecule has 116 valence electrons. The van der Waals surface area contributed by atoms with Gasteiger partial charge in [0.1, 0.15) is 17.9 Å². The van der Waals surface area contributed by atoms with Gasteiger partial charge in [0, 0.05) is 20.0 Å². The standard InChI is InChI=1S/C18H21NO3/c1-12(2)13-4-5-16(14(8-13)11-19)21-15-9-17(20-3)22-18(10-15)6-7-18/h4-5,8,15,17H,1,6-7,9-10H2,2-3H3. The zero-order valence-electron chi connectivity index (χ0n) is 13.1. The average molecular weight is 299 g/mol. The average Bonchev–Trinajstić information content (AvgIpc) is 3.25. The summed E-state index contributed by atoms with van der Waals surface area (Å²) in [6, 6.07) is 7.85. The molecule has 0 N–H and O–H groups in total. The van der Waals surface area contributed by atoms with Crippen molar-refractivity contribution in [1.29, 1.82) is 5.26 Å². The lowest BCUT2D eigenvalue weighted by atomic mass is 10.0. The molecule has 1 heterocycles. The van der Waals surface area contributed by atoms with Gasteiger partial charge < -0.3 is 14.2 Å². The molecule has 0 amide bonds. The predicted molar refractivity (Wildman–Crippen MR) is 83.4 cm³/mol. The number of hydrogen-bond acceptors (Lipinski definition) is 4. The molecule has 4 heteroatoms. The molecule has 0 bridgehead atoms. The van der Waals surface area contributed by atoms with Gasteiger partial charge in [0.25, 0.3) is 0 Å². The number of benzene rings is 1. The molecule has 1 aromatic carbocycles. The van der Waals surface area contributed by atoms with Crippen molar-refractivity contribution in [3.8, 4) is 11.8 Å². The second kappa shape index (κ2) is 5.75. The lowest BCUT2D eigenvalue weighted by Gasteiger charge is -2.35. The lowest BCUT2D eigenvalue weighted by molar-refractivity contribution is -0.210. The number of ether oxygens (including phenoxy) is 3. The number of rotatable bonds is 4. The van der Waals surface area contributed by atoms with Crippen molar-refractivity contribution < 1.29 is 14.2 Å². The van der Waals surface area contributed by atoms with Crippen molar-refractivity contribution in [2.45, 2.75) is 50.6 Å². The number of methoxy groups -OCH3 is 1. The van der Waals surface area contributed by atoms with Crippen molar-refractivity contribution in [2.24, 2.45) is 0 Å². The fourth-order valence-corrected chi connectivity index (χ4v) is 2.95. The highest BCUT2D eigenvalue weighted by atomic mass is 16.7. The third-order valence-electron chi connectivity index (χ3n) is 4.39. The van der Waals surface area contributed by atoms with Crippen LogP contribution in [0.3, 0.4) is 0 Å². The van der Waals surface area contributed by atoms with E-state index >= 15 is 0 Å². The highest BCUT2D eigenvalue weighted by Crippen LogP contribution is 2.48. The molecular formula is C18H21NO3. The Labute approximate surface area is 131 Å². The quantitative estimate of drug-likeness (QED) is 0.851. The SMILES string of the molecule is C=C(C)c1ccc(OC2CC(OC)OC3(CC3)C2)c(C#N)c1. The van der Waals surface area contributed by atoms with E-state index in [4.69, 9.17) is 14.2 Å². The summed E-state index contributed by atoms with van der Waals surface area (Å²) in [5.41, 5.74) is 2.38. The van der Waals surface area contributed by atoms with Crippen LogP contribution in [-0.2, 0) is 9.47 Å². The van der Waals surface area contributed by atoms with Crippen molar-refractivity contribution in [3.63, 3.8) is 0 Å². The van der Waals surface area contributed by atoms with Crippen molar-refractivity contribution in [3.05, 3.63) is 35.9 Å². The third kappa shape index (κ3) is 3.01. The maximum atomic E-state index is 9.36. The van der Waals surface area contributed by atoms with Crippen LogP contribution in [0.2, 0.25) is 0 Å². The summed E-state index contributed by atoms with van der Waals surface area (Å²) in [6.45, 7) is 5.84. The number of allylic oxidation sites excluding steroid dienone is 1. The molecule has 4 nitrogen and oxygen atoms in total. The van der Waals surface area contributed by atoms with Crippen LogP contribution in [0, 0.1) is 11.3 Å². The molecule has 2 fully saturated rings. The molecule has 0 radical (unpaired) electrons. The number of nitriles is 1. The monoisotopic (exact) mass is 299 g/mol. The van der Waals surface area contributed by atoms with E-state index in [1.165, 1.54) is 0 Å². The number of hydrogen-bond donors (Lipinski definition) is 0.